The van der Waals surface area contributed by atoms with Gasteiger partial charge >= 0.3 is 0 Å². The van der Waals surface area contributed by atoms with E-state index < -0.39 is 0 Å². The Morgan fingerprint density at radius 1 is 1.17 bits per heavy atom. The number of aliphatic hydroxyl groups excluding tert-OH is 1. The molecular weight excluding hydrogens is 152 g/mol. The van der Waals surface area contributed by atoms with Crippen molar-refractivity contribution in [2.24, 2.45) is 10.8 Å². The largest absolute Gasteiger partial charge is 0.392 e. The molecule has 0 aromatic heterocycles. The summed E-state index contributed by atoms with van der Waals surface area (Å²) in [5.41, 5.74) is -0.168. The fourth-order valence-electron chi connectivity index (χ4n) is 2.70. The van der Waals surface area contributed by atoms with Crippen LogP contribution >= 0.6 is 0 Å². The molecule has 0 aromatic rings. The highest BCUT2D eigenvalue weighted by Gasteiger charge is 2.61. The Bertz CT molecular complexity index is 157. The second-order valence-corrected chi connectivity index (χ2v) is 4.88. The van der Waals surface area contributed by atoms with Gasteiger partial charge in [-0.1, -0.05) is 27.7 Å². The second kappa shape index (κ2) is 2.71. The molecule has 1 N–H and O–H groups in total. The molecule has 72 valence electrons. The first kappa shape index (κ1) is 10.0. The number of hydrogen-bond donors (Lipinski definition) is 1. The van der Waals surface area contributed by atoms with Gasteiger partial charge in [-0.15, -0.1) is 0 Å². The number of aliphatic hydroxyl groups is 1. The number of ether oxygens (including phenoxy) is 1. The van der Waals surface area contributed by atoms with E-state index in [2.05, 4.69) is 27.7 Å². The zero-order valence-corrected chi connectivity index (χ0v) is 8.72. The van der Waals surface area contributed by atoms with E-state index in [1.807, 2.05) is 6.92 Å². The molecule has 0 spiro atoms. The van der Waals surface area contributed by atoms with E-state index in [4.69, 9.17) is 4.74 Å². The highest BCUT2D eigenvalue weighted by molar-refractivity contribution is 5.10. The summed E-state index contributed by atoms with van der Waals surface area (Å²) in [6, 6.07) is 0. The Morgan fingerprint density at radius 2 is 1.58 bits per heavy atom. The molecule has 12 heavy (non-hydrogen) atoms. The van der Waals surface area contributed by atoms with Crippen LogP contribution in [0.5, 0.6) is 0 Å². The van der Waals surface area contributed by atoms with Crippen LogP contribution in [0.3, 0.4) is 0 Å². The lowest BCUT2D eigenvalue weighted by atomic mass is 9.51. The van der Waals surface area contributed by atoms with Crippen molar-refractivity contribution >= 4 is 0 Å². The quantitative estimate of drug-likeness (QED) is 0.688. The standard InChI is InChI=1S/C10H20O2/c1-6-12-8-9(2,3)7(11)10(8,4)5/h7-8,11H,6H2,1-5H3. The Morgan fingerprint density at radius 3 is 1.92 bits per heavy atom. The molecule has 0 unspecified atom stereocenters. The van der Waals surface area contributed by atoms with Crippen molar-refractivity contribution in [3.05, 3.63) is 0 Å². The smallest absolute Gasteiger partial charge is 0.0726 e. The molecule has 0 heterocycles. The van der Waals surface area contributed by atoms with E-state index in [1.165, 1.54) is 0 Å². The molecule has 0 saturated heterocycles. The van der Waals surface area contributed by atoms with Crippen molar-refractivity contribution in [3.63, 3.8) is 0 Å². The van der Waals surface area contributed by atoms with Crippen LogP contribution in [-0.4, -0.2) is 23.9 Å². The summed E-state index contributed by atoms with van der Waals surface area (Å²) in [4.78, 5) is 0. The van der Waals surface area contributed by atoms with Crippen molar-refractivity contribution in [1.29, 1.82) is 0 Å². The molecule has 2 heteroatoms. The van der Waals surface area contributed by atoms with Gasteiger partial charge < -0.3 is 9.84 Å². The van der Waals surface area contributed by atoms with Crippen LogP contribution in [0.2, 0.25) is 0 Å². The molecule has 0 radical (unpaired) electrons. The van der Waals surface area contributed by atoms with Gasteiger partial charge in [-0.2, -0.15) is 0 Å². The zero-order chi connectivity index (χ0) is 9.57. The van der Waals surface area contributed by atoms with E-state index >= 15 is 0 Å². The molecule has 2 nitrogen and oxygen atoms in total. The van der Waals surface area contributed by atoms with Crippen LogP contribution < -0.4 is 0 Å². The predicted octanol–water partition coefficient (Wildman–Crippen LogP) is 1.82. The van der Waals surface area contributed by atoms with Gasteiger partial charge in [0.05, 0.1) is 12.2 Å². The topological polar surface area (TPSA) is 29.5 Å². The van der Waals surface area contributed by atoms with Gasteiger partial charge in [0.25, 0.3) is 0 Å². The van der Waals surface area contributed by atoms with E-state index in [1.54, 1.807) is 0 Å². The van der Waals surface area contributed by atoms with Gasteiger partial charge in [0.15, 0.2) is 0 Å². The number of hydrogen-bond acceptors (Lipinski definition) is 2. The minimum Gasteiger partial charge on any atom is -0.392 e. The van der Waals surface area contributed by atoms with E-state index in [0.717, 1.165) is 6.61 Å². The first-order valence-corrected chi connectivity index (χ1v) is 4.64. The van der Waals surface area contributed by atoms with Crippen LogP contribution in [0.15, 0.2) is 0 Å². The minimum absolute atomic E-state index is 0.0838. The summed E-state index contributed by atoms with van der Waals surface area (Å²) in [7, 11) is 0. The molecule has 1 aliphatic rings. The maximum atomic E-state index is 9.82. The average molecular weight is 172 g/mol. The molecule has 0 aromatic carbocycles. The Balaban J connectivity index is 2.72. The Labute approximate surface area is 74.9 Å². The normalized spacial score (nSPS) is 37.5. The SMILES string of the molecule is CCOC1C(C)(C)C(O)C1(C)C. The lowest BCUT2D eigenvalue weighted by Crippen LogP contribution is -2.68. The zero-order valence-electron chi connectivity index (χ0n) is 8.72. The third-order valence-electron chi connectivity index (χ3n) is 3.09. The first-order valence-electron chi connectivity index (χ1n) is 4.64. The molecule has 1 rings (SSSR count). The fraction of sp³-hybridized carbons (Fsp3) is 1.00. The third-order valence-corrected chi connectivity index (χ3v) is 3.09. The van der Waals surface area contributed by atoms with Crippen LogP contribution in [0.1, 0.15) is 34.6 Å². The van der Waals surface area contributed by atoms with Gasteiger partial charge in [-0.05, 0) is 6.92 Å². The Hall–Kier alpha value is -0.0800. The molecule has 0 bridgehead atoms. The fourth-order valence-corrected chi connectivity index (χ4v) is 2.70. The molecule has 1 aliphatic carbocycles. The molecule has 0 amide bonds. The maximum absolute atomic E-state index is 9.82. The van der Waals surface area contributed by atoms with Crippen molar-refractivity contribution in [2.75, 3.05) is 6.61 Å². The lowest BCUT2D eigenvalue weighted by Gasteiger charge is -2.61. The third kappa shape index (κ3) is 1.09. The summed E-state index contributed by atoms with van der Waals surface area (Å²) < 4.78 is 5.62. The molecule has 0 aliphatic heterocycles. The van der Waals surface area contributed by atoms with Crippen molar-refractivity contribution < 1.29 is 9.84 Å². The second-order valence-electron chi connectivity index (χ2n) is 4.88. The van der Waals surface area contributed by atoms with Gasteiger partial charge in [0.1, 0.15) is 0 Å². The van der Waals surface area contributed by atoms with Crippen LogP contribution in [0.25, 0.3) is 0 Å². The van der Waals surface area contributed by atoms with Crippen LogP contribution in [0, 0.1) is 10.8 Å². The highest BCUT2D eigenvalue weighted by atomic mass is 16.5. The summed E-state index contributed by atoms with van der Waals surface area (Å²) in [5.74, 6) is 0. The summed E-state index contributed by atoms with van der Waals surface area (Å²) in [5, 5.41) is 9.82. The van der Waals surface area contributed by atoms with E-state index in [9.17, 15) is 5.11 Å². The summed E-state index contributed by atoms with van der Waals surface area (Å²) >= 11 is 0. The van der Waals surface area contributed by atoms with Gasteiger partial charge in [0.2, 0.25) is 0 Å². The van der Waals surface area contributed by atoms with E-state index in [0.29, 0.717) is 0 Å². The summed E-state index contributed by atoms with van der Waals surface area (Å²) in [6.45, 7) is 11.0. The first-order chi connectivity index (χ1) is 5.35. The predicted molar refractivity (Wildman–Crippen MR) is 49.0 cm³/mol. The average Bonchev–Trinajstić information content (AvgIpc) is 1.98. The van der Waals surface area contributed by atoms with Crippen molar-refractivity contribution in [2.45, 2.75) is 46.8 Å². The van der Waals surface area contributed by atoms with Crippen LogP contribution in [-0.2, 0) is 4.74 Å². The molecule has 1 saturated carbocycles. The van der Waals surface area contributed by atoms with Crippen molar-refractivity contribution in [1.82, 2.24) is 0 Å². The highest BCUT2D eigenvalue weighted by Crippen LogP contribution is 2.55. The molecule has 1 fully saturated rings. The Kier molecular flexibility index (Phi) is 2.26. The van der Waals surface area contributed by atoms with Gasteiger partial charge in [-0.25, -0.2) is 0 Å². The number of rotatable bonds is 2. The monoisotopic (exact) mass is 172 g/mol. The maximum Gasteiger partial charge on any atom is 0.0726 e. The molecular formula is C10H20O2. The van der Waals surface area contributed by atoms with Crippen molar-refractivity contribution in [3.8, 4) is 0 Å². The van der Waals surface area contributed by atoms with E-state index in [-0.39, 0.29) is 23.0 Å². The lowest BCUT2D eigenvalue weighted by molar-refractivity contribution is -0.265. The summed E-state index contributed by atoms with van der Waals surface area (Å²) in [6.07, 6.45) is -0.0634. The van der Waals surface area contributed by atoms with Gasteiger partial charge in [-0.3, -0.25) is 0 Å². The minimum atomic E-state index is -0.249. The van der Waals surface area contributed by atoms with Gasteiger partial charge in [0, 0.05) is 17.4 Å². The van der Waals surface area contributed by atoms with Crippen LogP contribution in [0.4, 0.5) is 0 Å². The molecule has 0 atom stereocenters.